The maximum absolute atomic E-state index is 12.5. The van der Waals surface area contributed by atoms with Crippen molar-refractivity contribution < 1.29 is 9.59 Å². The topological polar surface area (TPSA) is 49.4 Å². The van der Waals surface area contributed by atoms with Gasteiger partial charge in [-0.15, -0.1) is 0 Å². The number of anilines is 1. The first kappa shape index (κ1) is 16.0. The summed E-state index contributed by atoms with van der Waals surface area (Å²) in [6, 6.07) is 5.66. The third kappa shape index (κ3) is 3.12. The molecular formula is C16H21BrN2O2. The lowest BCUT2D eigenvalue weighted by Gasteiger charge is -2.24. The summed E-state index contributed by atoms with van der Waals surface area (Å²) in [6.45, 7) is 7.14. The van der Waals surface area contributed by atoms with Crippen molar-refractivity contribution in [2.75, 3.05) is 18.4 Å². The average molecular weight is 353 g/mol. The standard InChI is InChI=1S/C16H21BrN2O2/c1-4-19(5-2)15(21)16(8-9-16)14(20)18-12-7-6-11(3)13(17)10-12/h6-7,10H,4-5,8-9H2,1-3H3,(H,18,20). The van der Waals surface area contributed by atoms with E-state index in [1.54, 1.807) is 4.90 Å². The molecule has 5 heteroatoms. The van der Waals surface area contributed by atoms with E-state index in [4.69, 9.17) is 0 Å². The molecule has 2 rings (SSSR count). The van der Waals surface area contributed by atoms with Gasteiger partial charge in [0.15, 0.2) is 0 Å². The summed E-state index contributed by atoms with van der Waals surface area (Å²) in [5, 5.41) is 2.88. The summed E-state index contributed by atoms with van der Waals surface area (Å²) in [6.07, 6.45) is 1.28. The van der Waals surface area contributed by atoms with Gasteiger partial charge in [0.25, 0.3) is 0 Å². The van der Waals surface area contributed by atoms with Crippen molar-refractivity contribution in [2.45, 2.75) is 33.6 Å². The van der Waals surface area contributed by atoms with E-state index in [0.29, 0.717) is 25.9 Å². The molecule has 4 nitrogen and oxygen atoms in total. The summed E-state index contributed by atoms with van der Waals surface area (Å²) in [5.74, 6) is -0.230. The highest BCUT2D eigenvalue weighted by Gasteiger charge is 2.57. The van der Waals surface area contributed by atoms with Gasteiger partial charge in [-0.2, -0.15) is 0 Å². The third-order valence-electron chi connectivity index (χ3n) is 4.07. The SMILES string of the molecule is CCN(CC)C(=O)C1(C(=O)Nc2ccc(C)c(Br)c2)CC1. The monoisotopic (exact) mass is 352 g/mol. The lowest BCUT2D eigenvalue weighted by atomic mass is 10.0. The fourth-order valence-corrected chi connectivity index (χ4v) is 2.78. The number of carbonyl (C=O) groups excluding carboxylic acids is 2. The second-order valence-corrected chi connectivity index (χ2v) is 6.33. The van der Waals surface area contributed by atoms with Crippen LogP contribution >= 0.6 is 15.9 Å². The highest BCUT2D eigenvalue weighted by Crippen LogP contribution is 2.48. The predicted molar refractivity (Wildman–Crippen MR) is 87.1 cm³/mol. The van der Waals surface area contributed by atoms with Crippen LogP contribution in [0.15, 0.2) is 22.7 Å². The molecule has 1 N–H and O–H groups in total. The number of rotatable bonds is 5. The molecule has 0 saturated heterocycles. The molecule has 0 bridgehead atoms. The Morgan fingerprint density at radius 2 is 1.90 bits per heavy atom. The van der Waals surface area contributed by atoms with E-state index < -0.39 is 5.41 Å². The van der Waals surface area contributed by atoms with Crippen LogP contribution in [0.4, 0.5) is 5.69 Å². The van der Waals surface area contributed by atoms with Crippen LogP contribution in [0.5, 0.6) is 0 Å². The van der Waals surface area contributed by atoms with E-state index in [0.717, 1.165) is 15.7 Å². The van der Waals surface area contributed by atoms with E-state index in [1.807, 2.05) is 39.0 Å². The molecule has 0 unspecified atom stereocenters. The number of hydrogen-bond acceptors (Lipinski definition) is 2. The van der Waals surface area contributed by atoms with Crippen LogP contribution in [-0.2, 0) is 9.59 Å². The van der Waals surface area contributed by atoms with Gasteiger partial charge in [-0.3, -0.25) is 9.59 Å². The minimum absolute atomic E-state index is 0.0452. The summed E-state index contributed by atoms with van der Waals surface area (Å²) >= 11 is 3.45. The van der Waals surface area contributed by atoms with Crippen LogP contribution < -0.4 is 5.32 Å². The quantitative estimate of drug-likeness (QED) is 0.826. The average Bonchev–Trinajstić information content (AvgIpc) is 3.26. The Balaban J connectivity index is 2.12. The molecular weight excluding hydrogens is 332 g/mol. The summed E-state index contributed by atoms with van der Waals surface area (Å²) in [4.78, 5) is 26.7. The number of carbonyl (C=O) groups is 2. The van der Waals surface area contributed by atoms with Gasteiger partial charge in [0.05, 0.1) is 0 Å². The molecule has 1 fully saturated rings. The fourth-order valence-electron chi connectivity index (χ4n) is 2.40. The van der Waals surface area contributed by atoms with Crippen LogP contribution in [0.2, 0.25) is 0 Å². The molecule has 0 radical (unpaired) electrons. The molecule has 0 atom stereocenters. The first-order valence-corrected chi connectivity index (χ1v) is 8.11. The molecule has 1 saturated carbocycles. The van der Waals surface area contributed by atoms with Gasteiger partial charge < -0.3 is 10.2 Å². The molecule has 1 aromatic rings. The molecule has 114 valence electrons. The third-order valence-corrected chi connectivity index (χ3v) is 4.93. The van der Waals surface area contributed by atoms with Crippen LogP contribution in [-0.4, -0.2) is 29.8 Å². The lowest BCUT2D eigenvalue weighted by molar-refractivity contribution is -0.141. The number of nitrogens with zero attached hydrogens (tertiary/aromatic N) is 1. The van der Waals surface area contributed by atoms with E-state index in [2.05, 4.69) is 21.2 Å². The Hall–Kier alpha value is -1.36. The Labute approximate surface area is 134 Å². The van der Waals surface area contributed by atoms with E-state index in [1.165, 1.54) is 0 Å². The maximum atomic E-state index is 12.5. The highest BCUT2D eigenvalue weighted by atomic mass is 79.9. The lowest BCUT2D eigenvalue weighted by Crippen LogP contribution is -2.42. The number of halogens is 1. The van der Waals surface area contributed by atoms with Crippen LogP contribution in [0, 0.1) is 12.3 Å². The smallest absolute Gasteiger partial charge is 0.240 e. The molecule has 0 heterocycles. The van der Waals surface area contributed by atoms with Crippen molar-refractivity contribution in [1.29, 1.82) is 0 Å². The summed E-state index contributed by atoms with van der Waals surface area (Å²) in [7, 11) is 0. The number of aryl methyl sites for hydroxylation is 1. The number of benzene rings is 1. The second kappa shape index (κ2) is 6.18. The number of hydrogen-bond donors (Lipinski definition) is 1. The van der Waals surface area contributed by atoms with Crippen LogP contribution in [0.25, 0.3) is 0 Å². The molecule has 0 aliphatic heterocycles. The largest absolute Gasteiger partial charge is 0.342 e. The molecule has 0 aromatic heterocycles. The van der Waals surface area contributed by atoms with Crippen LogP contribution in [0.3, 0.4) is 0 Å². The van der Waals surface area contributed by atoms with Gasteiger partial charge in [-0.1, -0.05) is 22.0 Å². The maximum Gasteiger partial charge on any atom is 0.240 e. The van der Waals surface area contributed by atoms with Gasteiger partial charge in [-0.25, -0.2) is 0 Å². The zero-order valence-corrected chi connectivity index (χ0v) is 14.3. The van der Waals surface area contributed by atoms with Gasteiger partial charge in [-0.05, 0) is 51.3 Å². The first-order valence-electron chi connectivity index (χ1n) is 7.31. The molecule has 0 spiro atoms. The Morgan fingerprint density at radius 3 is 2.38 bits per heavy atom. The Morgan fingerprint density at radius 1 is 1.29 bits per heavy atom. The van der Waals surface area contributed by atoms with E-state index in [9.17, 15) is 9.59 Å². The normalized spacial score (nSPS) is 15.4. The van der Waals surface area contributed by atoms with Gasteiger partial charge >= 0.3 is 0 Å². The van der Waals surface area contributed by atoms with Gasteiger partial charge in [0.1, 0.15) is 5.41 Å². The zero-order valence-electron chi connectivity index (χ0n) is 12.7. The van der Waals surface area contributed by atoms with Crippen molar-refractivity contribution in [1.82, 2.24) is 4.90 Å². The molecule has 2 amide bonds. The molecule has 1 aromatic carbocycles. The Bertz CT molecular complexity index is 563. The number of amides is 2. The summed E-state index contributed by atoms with van der Waals surface area (Å²) < 4.78 is 0.945. The van der Waals surface area contributed by atoms with Crippen molar-refractivity contribution in [3.63, 3.8) is 0 Å². The minimum Gasteiger partial charge on any atom is -0.342 e. The second-order valence-electron chi connectivity index (χ2n) is 5.48. The minimum atomic E-state index is -0.844. The summed E-state index contributed by atoms with van der Waals surface area (Å²) in [5.41, 5.74) is 0.980. The zero-order chi connectivity index (χ0) is 15.6. The van der Waals surface area contributed by atoms with Crippen molar-refractivity contribution in [3.8, 4) is 0 Å². The predicted octanol–water partition coefficient (Wildman–Crippen LogP) is 3.34. The van der Waals surface area contributed by atoms with Crippen molar-refractivity contribution in [3.05, 3.63) is 28.2 Å². The van der Waals surface area contributed by atoms with E-state index in [-0.39, 0.29) is 11.8 Å². The van der Waals surface area contributed by atoms with Crippen molar-refractivity contribution >= 4 is 33.4 Å². The van der Waals surface area contributed by atoms with Gasteiger partial charge in [0.2, 0.25) is 11.8 Å². The number of nitrogens with one attached hydrogen (secondary N) is 1. The molecule has 21 heavy (non-hydrogen) atoms. The highest BCUT2D eigenvalue weighted by molar-refractivity contribution is 9.10. The Kier molecular flexibility index (Phi) is 4.71. The van der Waals surface area contributed by atoms with Crippen LogP contribution in [0.1, 0.15) is 32.3 Å². The molecule has 1 aliphatic rings. The van der Waals surface area contributed by atoms with E-state index >= 15 is 0 Å². The van der Waals surface area contributed by atoms with Gasteiger partial charge in [0, 0.05) is 23.2 Å². The molecule has 1 aliphatic carbocycles. The fraction of sp³-hybridized carbons (Fsp3) is 0.500. The van der Waals surface area contributed by atoms with Crippen molar-refractivity contribution in [2.24, 2.45) is 5.41 Å². The first-order chi connectivity index (χ1) is 9.94.